The van der Waals surface area contributed by atoms with Gasteiger partial charge in [0.2, 0.25) is 0 Å². The van der Waals surface area contributed by atoms with Gasteiger partial charge in [-0.2, -0.15) is 0 Å². The highest BCUT2D eigenvalue weighted by Crippen LogP contribution is 2.42. The van der Waals surface area contributed by atoms with Crippen LogP contribution in [-0.4, -0.2) is 16.8 Å². The maximum atomic E-state index is 13.5. The molecule has 0 fully saturated rings. The number of nitrogens with zero attached hydrogens (tertiary/aromatic N) is 1. The van der Waals surface area contributed by atoms with Crippen LogP contribution in [0, 0.1) is 0 Å². The zero-order chi connectivity index (χ0) is 26.1. The van der Waals surface area contributed by atoms with Gasteiger partial charge in [0.05, 0.1) is 12.0 Å². The van der Waals surface area contributed by atoms with Gasteiger partial charge in [-0.25, -0.2) is 13.8 Å². The maximum Gasteiger partial charge on any atom is 0.291 e. The normalized spacial score (nSPS) is 11.2. The molecule has 4 heterocycles. The third kappa shape index (κ3) is 5.04. The lowest BCUT2D eigenvalue weighted by atomic mass is 10.1. The Hall–Kier alpha value is -4.22. The molecule has 0 aliphatic carbocycles. The maximum absolute atomic E-state index is 13.5. The van der Waals surface area contributed by atoms with Crippen molar-refractivity contribution in [2.45, 2.75) is 13.0 Å². The smallest absolute Gasteiger partial charge is 0.291 e. The number of anilines is 1. The standard InChI is InChI=1S/C25H16ClF2N3O5S/c26-12-3-1-4-13(9-12)35-11-14-6-7-18(36-14)24(33)31-20-19-15(17-5-2-8-34-17)10-16(22(27)28)30-25(19)37-21(20)23(29)32/h1-10,22H,11H2,(H2,29,32)(H,31,33). The van der Waals surface area contributed by atoms with Gasteiger partial charge in [0.1, 0.15) is 39.3 Å². The predicted octanol–water partition coefficient (Wildman–Crippen LogP) is 6.67. The molecule has 0 aliphatic rings. The van der Waals surface area contributed by atoms with Crippen molar-refractivity contribution in [3.05, 3.63) is 88.0 Å². The minimum atomic E-state index is -2.87. The number of nitrogens with one attached hydrogen (secondary N) is 1. The van der Waals surface area contributed by atoms with Crippen molar-refractivity contribution in [2.24, 2.45) is 5.73 Å². The van der Waals surface area contributed by atoms with Crippen molar-refractivity contribution in [1.29, 1.82) is 0 Å². The molecule has 12 heteroatoms. The van der Waals surface area contributed by atoms with Crippen LogP contribution in [0.25, 0.3) is 21.5 Å². The van der Waals surface area contributed by atoms with Crippen LogP contribution in [0.2, 0.25) is 5.02 Å². The van der Waals surface area contributed by atoms with E-state index in [2.05, 4.69) is 10.3 Å². The second kappa shape index (κ2) is 10.0. The number of benzene rings is 1. The molecule has 0 aliphatic heterocycles. The highest BCUT2D eigenvalue weighted by Gasteiger charge is 2.26. The Morgan fingerprint density at radius 1 is 1.16 bits per heavy atom. The van der Waals surface area contributed by atoms with Crippen LogP contribution in [0.1, 0.15) is 38.1 Å². The van der Waals surface area contributed by atoms with Crippen molar-refractivity contribution in [1.82, 2.24) is 4.98 Å². The molecule has 2 amide bonds. The highest BCUT2D eigenvalue weighted by atomic mass is 35.5. The number of halogens is 3. The zero-order valence-corrected chi connectivity index (χ0v) is 20.2. The van der Waals surface area contributed by atoms with Gasteiger partial charge in [-0.05, 0) is 48.5 Å². The lowest BCUT2D eigenvalue weighted by molar-refractivity contribution is 0.0992. The largest absolute Gasteiger partial charge is 0.486 e. The average molecular weight is 544 g/mol. The Kier molecular flexibility index (Phi) is 6.64. The predicted molar refractivity (Wildman–Crippen MR) is 133 cm³/mol. The first-order valence-corrected chi connectivity index (χ1v) is 11.9. The van der Waals surface area contributed by atoms with Crippen LogP contribution in [0.4, 0.5) is 14.5 Å². The second-order valence-corrected chi connectivity index (χ2v) is 9.12. The molecule has 37 heavy (non-hydrogen) atoms. The molecule has 0 atom stereocenters. The van der Waals surface area contributed by atoms with Gasteiger partial charge in [-0.15, -0.1) is 11.3 Å². The summed E-state index contributed by atoms with van der Waals surface area (Å²) in [6.07, 6.45) is -1.50. The number of amides is 2. The van der Waals surface area contributed by atoms with E-state index in [0.29, 0.717) is 16.5 Å². The van der Waals surface area contributed by atoms with E-state index in [1.54, 1.807) is 42.5 Å². The third-order valence-corrected chi connectivity index (χ3v) is 6.55. The molecule has 5 rings (SSSR count). The summed E-state index contributed by atoms with van der Waals surface area (Å²) in [5, 5.41) is 3.37. The molecule has 0 spiro atoms. The van der Waals surface area contributed by atoms with Crippen molar-refractivity contribution in [3.63, 3.8) is 0 Å². The van der Waals surface area contributed by atoms with E-state index in [1.165, 1.54) is 12.3 Å². The van der Waals surface area contributed by atoms with E-state index in [-0.39, 0.29) is 44.5 Å². The van der Waals surface area contributed by atoms with Crippen LogP contribution < -0.4 is 15.8 Å². The molecule has 0 saturated heterocycles. The number of fused-ring (bicyclic) bond motifs is 1. The number of ether oxygens (including phenoxy) is 1. The minimum Gasteiger partial charge on any atom is -0.486 e. The summed E-state index contributed by atoms with van der Waals surface area (Å²) in [7, 11) is 0. The summed E-state index contributed by atoms with van der Waals surface area (Å²) in [5.41, 5.74) is 5.27. The number of pyridine rings is 1. The molecule has 0 radical (unpaired) electrons. The van der Waals surface area contributed by atoms with E-state index in [1.807, 2.05) is 0 Å². The fourth-order valence-electron chi connectivity index (χ4n) is 3.61. The Morgan fingerprint density at radius 2 is 2.00 bits per heavy atom. The number of carbonyl (C=O) groups is 2. The molecular weight excluding hydrogens is 528 g/mol. The Bertz CT molecular complexity index is 1610. The minimum absolute atomic E-state index is 0.0188. The van der Waals surface area contributed by atoms with Crippen molar-refractivity contribution < 1.29 is 31.9 Å². The van der Waals surface area contributed by atoms with E-state index in [9.17, 15) is 18.4 Å². The van der Waals surface area contributed by atoms with Gasteiger partial charge >= 0.3 is 0 Å². The Balaban J connectivity index is 1.48. The monoisotopic (exact) mass is 543 g/mol. The fraction of sp³-hybridized carbons (Fsp3) is 0.0800. The molecule has 5 aromatic rings. The van der Waals surface area contributed by atoms with E-state index in [4.69, 9.17) is 30.9 Å². The van der Waals surface area contributed by atoms with Gasteiger partial charge in [0, 0.05) is 16.0 Å². The molecule has 0 bridgehead atoms. The van der Waals surface area contributed by atoms with Gasteiger partial charge in [-0.1, -0.05) is 17.7 Å². The summed E-state index contributed by atoms with van der Waals surface area (Å²) < 4.78 is 43.7. The summed E-state index contributed by atoms with van der Waals surface area (Å²) in [5.74, 6) is -0.507. The number of hydrogen-bond donors (Lipinski definition) is 2. The van der Waals surface area contributed by atoms with Crippen LogP contribution in [-0.2, 0) is 6.61 Å². The van der Waals surface area contributed by atoms with Gasteiger partial charge in [0.15, 0.2) is 5.76 Å². The topological polar surface area (TPSA) is 121 Å². The quantitative estimate of drug-likeness (QED) is 0.225. The average Bonchev–Trinajstić information content (AvgIpc) is 3.62. The number of rotatable bonds is 8. The first-order valence-electron chi connectivity index (χ1n) is 10.7. The van der Waals surface area contributed by atoms with Gasteiger partial charge in [0.25, 0.3) is 18.2 Å². The van der Waals surface area contributed by atoms with Crippen LogP contribution in [0.5, 0.6) is 5.75 Å². The Labute approximate surface area is 216 Å². The number of furan rings is 2. The van der Waals surface area contributed by atoms with Crippen LogP contribution in [0.3, 0.4) is 0 Å². The van der Waals surface area contributed by atoms with Crippen molar-refractivity contribution in [2.75, 3.05) is 5.32 Å². The molecule has 8 nitrogen and oxygen atoms in total. The van der Waals surface area contributed by atoms with E-state index >= 15 is 0 Å². The molecule has 3 N–H and O–H groups in total. The van der Waals surface area contributed by atoms with E-state index in [0.717, 1.165) is 17.4 Å². The lowest BCUT2D eigenvalue weighted by Crippen LogP contribution is -2.16. The highest BCUT2D eigenvalue weighted by molar-refractivity contribution is 7.21. The third-order valence-electron chi connectivity index (χ3n) is 5.22. The summed E-state index contributed by atoms with van der Waals surface area (Å²) in [6.45, 7) is 0.0322. The zero-order valence-electron chi connectivity index (χ0n) is 18.7. The lowest BCUT2D eigenvalue weighted by Gasteiger charge is -2.09. The number of thiophene rings is 1. The van der Waals surface area contributed by atoms with Gasteiger partial charge in [-0.3, -0.25) is 9.59 Å². The molecule has 1 aromatic carbocycles. The van der Waals surface area contributed by atoms with Crippen molar-refractivity contribution in [3.8, 4) is 17.1 Å². The molecule has 0 saturated carbocycles. The first kappa shape index (κ1) is 24.5. The number of primary amides is 1. The SMILES string of the molecule is NC(=O)c1sc2nc(C(F)F)cc(-c3ccco3)c2c1NC(=O)c1ccc(COc2cccc(Cl)c2)o1. The van der Waals surface area contributed by atoms with E-state index < -0.39 is 23.9 Å². The number of aromatic nitrogens is 1. The Morgan fingerprint density at radius 3 is 2.70 bits per heavy atom. The second-order valence-electron chi connectivity index (χ2n) is 7.69. The van der Waals surface area contributed by atoms with Crippen LogP contribution >= 0.6 is 22.9 Å². The molecule has 4 aromatic heterocycles. The summed E-state index contributed by atoms with van der Waals surface area (Å²) >= 11 is 6.74. The van der Waals surface area contributed by atoms with Gasteiger partial charge < -0.3 is 24.6 Å². The molecule has 188 valence electrons. The first-order chi connectivity index (χ1) is 17.8. The fourth-order valence-corrected chi connectivity index (χ4v) is 4.81. The van der Waals surface area contributed by atoms with Crippen molar-refractivity contribution >= 4 is 50.7 Å². The molecule has 0 unspecified atom stereocenters. The number of alkyl halides is 2. The van der Waals surface area contributed by atoms with Crippen LogP contribution in [0.15, 0.2) is 69.7 Å². The number of nitrogens with two attached hydrogens (primary N) is 1. The summed E-state index contributed by atoms with van der Waals surface area (Å²) in [6, 6.07) is 14.1. The number of hydrogen-bond acceptors (Lipinski definition) is 7. The number of carbonyl (C=O) groups excluding carboxylic acids is 2. The molecular formula is C25H16ClF2N3O5S. The summed E-state index contributed by atoms with van der Waals surface area (Å²) in [4.78, 5) is 29.3.